The molecule has 7 heteroatoms. The number of hydrogen-bond donors (Lipinski definition) is 2. The van der Waals surface area contributed by atoms with Crippen molar-refractivity contribution in [3.05, 3.63) is 30.3 Å². The van der Waals surface area contributed by atoms with Crippen LogP contribution in [0.4, 0.5) is 5.00 Å². The molecule has 26 heavy (non-hydrogen) atoms. The van der Waals surface area contributed by atoms with Crippen molar-refractivity contribution in [2.24, 2.45) is 11.7 Å². The third-order valence-corrected chi connectivity index (χ3v) is 6.64. The molecule has 0 spiro atoms. The van der Waals surface area contributed by atoms with E-state index in [9.17, 15) is 9.59 Å². The van der Waals surface area contributed by atoms with Crippen LogP contribution in [-0.2, 0) is 9.59 Å². The van der Waals surface area contributed by atoms with Crippen LogP contribution in [0.15, 0.2) is 34.7 Å². The van der Waals surface area contributed by atoms with E-state index in [0.717, 1.165) is 27.0 Å². The van der Waals surface area contributed by atoms with Crippen molar-refractivity contribution in [1.82, 2.24) is 4.98 Å². The topological polar surface area (TPSA) is 85.1 Å². The molecule has 1 heterocycles. The first-order chi connectivity index (χ1) is 12.6. The predicted octanol–water partition coefficient (Wildman–Crippen LogP) is 4.30. The number of carbonyl (C=O) groups is 2. The van der Waals surface area contributed by atoms with Crippen molar-refractivity contribution in [2.45, 2.75) is 42.9 Å². The van der Waals surface area contributed by atoms with Gasteiger partial charge in [0.1, 0.15) is 10.7 Å². The van der Waals surface area contributed by atoms with E-state index in [0.29, 0.717) is 12.3 Å². The summed E-state index contributed by atoms with van der Waals surface area (Å²) in [6.07, 6.45) is 6.57. The van der Waals surface area contributed by atoms with E-state index < -0.39 is 0 Å². The zero-order chi connectivity index (χ0) is 18.4. The molecule has 3 N–H and O–H groups in total. The molecule has 1 saturated carbocycles. The predicted molar refractivity (Wildman–Crippen MR) is 107 cm³/mol. The number of nitrogens with two attached hydrogens (primary N) is 1. The minimum Gasteiger partial charge on any atom is -0.369 e. The zero-order valence-corrected chi connectivity index (χ0v) is 16.2. The molecule has 2 aromatic rings. The Hall–Kier alpha value is -1.86. The lowest BCUT2D eigenvalue weighted by Crippen LogP contribution is -2.12. The van der Waals surface area contributed by atoms with E-state index >= 15 is 0 Å². The number of rotatable bonds is 8. The highest BCUT2D eigenvalue weighted by Gasteiger charge is 2.19. The molecule has 0 saturated heterocycles. The average molecular weight is 390 g/mol. The Morgan fingerprint density at radius 1 is 1.23 bits per heavy atom. The zero-order valence-electron chi connectivity index (χ0n) is 14.6. The number of aromatic nitrogens is 1. The van der Waals surface area contributed by atoms with Crippen molar-refractivity contribution in [1.29, 1.82) is 0 Å². The Kier molecular flexibility index (Phi) is 6.68. The quantitative estimate of drug-likeness (QED) is 0.659. The number of nitrogens with zero attached hydrogens (tertiary/aromatic N) is 1. The number of hydrogen-bond acceptors (Lipinski definition) is 5. The van der Waals surface area contributed by atoms with E-state index in [4.69, 9.17) is 5.73 Å². The van der Waals surface area contributed by atoms with Gasteiger partial charge in [0.15, 0.2) is 4.34 Å². The summed E-state index contributed by atoms with van der Waals surface area (Å²) in [5, 5.41) is 3.76. The van der Waals surface area contributed by atoms with Gasteiger partial charge in [0.25, 0.3) is 0 Å². The summed E-state index contributed by atoms with van der Waals surface area (Å²) in [5.41, 5.74) is 6.92. The van der Waals surface area contributed by atoms with Crippen molar-refractivity contribution in [2.75, 3.05) is 11.1 Å². The summed E-state index contributed by atoms with van der Waals surface area (Å²) in [4.78, 5) is 28.0. The van der Waals surface area contributed by atoms with Crippen LogP contribution < -0.4 is 11.1 Å². The highest BCUT2D eigenvalue weighted by molar-refractivity contribution is 8.01. The molecular weight excluding hydrogens is 366 g/mol. The molecule has 0 atom stereocenters. The fraction of sp³-hybridized carbons (Fsp3) is 0.421. The monoisotopic (exact) mass is 389 g/mol. The number of benzene rings is 1. The maximum Gasteiger partial charge on any atom is 0.227 e. The number of thioether (sulfide) groups is 1. The second-order valence-electron chi connectivity index (χ2n) is 6.52. The Bertz CT molecular complexity index is 755. The first kappa shape index (κ1) is 18.9. The summed E-state index contributed by atoms with van der Waals surface area (Å²) in [5.74, 6) is 0.520. The van der Waals surface area contributed by atoms with Gasteiger partial charge < -0.3 is 11.1 Å². The highest BCUT2D eigenvalue weighted by Crippen LogP contribution is 2.37. The molecule has 2 amide bonds. The smallest absolute Gasteiger partial charge is 0.227 e. The van der Waals surface area contributed by atoms with Crippen LogP contribution in [0.1, 0.15) is 38.5 Å². The molecule has 138 valence electrons. The van der Waals surface area contributed by atoms with Crippen LogP contribution in [0.2, 0.25) is 0 Å². The van der Waals surface area contributed by atoms with E-state index in [1.807, 2.05) is 30.3 Å². The largest absolute Gasteiger partial charge is 0.369 e. The molecule has 0 unspecified atom stereocenters. The molecule has 0 aliphatic heterocycles. The first-order valence-corrected chi connectivity index (χ1v) is 10.7. The van der Waals surface area contributed by atoms with Crippen molar-refractivity contribution in [3.8, 4) is 11.3 Å². The van der Waals surface area contributed by atoms with Gasteiger partial charge in [0.05, 0.1) is 5.75 Å². The number of primary amides is 1. The van der Waals surface area contributed by atoms with E-state index in [1.54, 1.807) is 0 Å². The van der Waals surface area contributed by atoms with Crippen LogP contribution in [0.3, 0.4) is 0 Å². The lowest BCUT2D eigenvalue weighted by molar-refractivity contribution is -0.117. The number of anilines is 1. The van der Waals surface area contributed by atoms with Crippen molar-refractivity contribution >= 4 is 39.9 Å². The van der Waals surface area contributed by atoms with Gasteiger partial charge in [0, 0.05) is 12.0 Å². The Morgan fingerprint density at radius 2 is 1.96 bits per heavy atom. The molecule has 1 aliphatic rings. The van der Waals surface area contributed by atoms with Crippen LogP contribution in [0.5, 0.6) is 0 Å². The lowest BCUT2D eigenvalue weighted by Gasteiger charge is -2.09. The van der Waals surface area contributed by atoms with E-state index in [-0.39, 0.29) is 17.6 Å². The molecule has 5 nitrogen and oxygen atoms in total. The minimum absolute atomic E-state index is 0.0317. The van der Waals surface area contributed by atoms with Gasteiger partial charge in [-0.05, 0) is 12.3 Å². The first-order valence-electron chi connectivity index (χ1n) is 8.89. The summed E-state index contributed by atoms with van der Waals surface area (Å²) >= 11 is 2.70. The second kappa shape index (κ2) is 9.19. The molecule has 1 fully saturated rings. The van der Waals surface area contributed by atoms with Crippen molar-refractivity contribution in [3.63, 3.8) is 0 Å². The number of nitrogens with one attached hydrogen (secondary N) is 1. The number of amides is 2. The van der Waals surface area contributed by atoms with Crippen molar-refractivity contribution < 1.29 is 9.59 Å². The molecule has 0 radical (unpaired) electrons. The maximum atomic E-state index is 12.4. The van der Waals surface area contributed by atoms with Gasteiger partial charge >= 0.3 is 0 Å². The maximum absolute atomic E-state index is 12.4. The van der Waals surface area contributed by atoms with Crippen LogP contribution in [0.25, 0.3) is 11.3 Å². The van der Waals surface area contributed by atoms with Gasteiger partial charge in [-0.3, -0.25) is 9.59 Å². The summed E-state index contributed by atoms with van der Waals surface area (Å²) < 4.78 is 0.730. The molecule has 1 aromatic carbocycles. The minimum atomic E-state index is -0.381. The van der Waals surface area contributed by atoms with Gasteiger partial charge in [0.2, 0.25) is 11.8 Å². The summed E-state index contributed by atoms with van der Waals surface area (Å²) in [7, 11) is 0. The lowest BCUT2D eigenvalue weighted by atomic mass is 10.0. The molecule has 3 rings (SSSR count). The van der Waals surface area contributed by atoms with Gasteiger partial charge in [-0.1, -0.05) is 79.1 Å². The number of carbonyl (C=O) groups excluding carboxylic acids is 2. The third-order valence-electron chi connectivity index (χ3n) is 4.50. The van der Waals surface area contributed by atoms with Gasteiger partial charge in [-0.15, -0.1) is 0 Å². The molecular formula is C19H23N3O2S2. The van der Waals surface area contributed by atoms with Gasteiger partial charge in [-0.25, -0.2) is 4.98 Å². The van der Waals surface area contributed by atoms with Crippen LogP contribution in [-0.4, -0.2) is 22.6 Å². The fourth-order valence-corrected chi connectivity index (χ4v) is 5.02. The molecule has 0 bridgehead atoms. The second-order valence-corrected chi connectivity index (χ2v) is 8.74. The van der Waals surface area contributed by atoms with E-state index in [2.05, 4.69) is 10.3 Å². The third kappa shape index (κ3) is 5.32. The van der Waals surface area contributed by atoms with E-state index in [1.165, 1.54) is 48.8 Å². The Labute approximate surface area is 161 Å². The highest BCUT2D eigenvalue weighted by atomic mass is 32.2. The summed E-state index contributed by atoms with van der Waals surface area (Å²) in [6, 6.07) is 9.75. The van der Waals surface area contributed by atoms with Crippen LogP contribution >= 0.6 is 23.1 Å². The SMILES string of the molecule is NC(=O)CSc1nc(-c2ccccc2)c(NC(=O)CCC2CCCC2)s1. The number of thiazole rings is 1. The molecule has 1 aliphatic carbocycles. The Balaban J connectivity index is 1.70. The average Bonchev–Trinajstić information content (AvgIpc) is 3.29. The van der Waals surface area contributed by atoms with Crippen LogP contribution in [0, 0.1) is 5.92 Å². The Morgan fingerprint density at radius 3 is 2.65 bits per heavy atom. The summed E-state index contributed by atoms with van der Waals surface area (Å²) in [6.45, 7) is 0. The van der Waals surface area contributed by atoms with Gasteiger partial charge in [-0.2, -0.15) is 0 Å². The fourth-order valence-electron chi connectivity index (χ4n) is 3.19. The molecule has 1 aromatic heterocycles. The normalized spacial score (nSPS) is 14.5. The standard InChI is InChI=1S/C19H23N3O2S2/c20-15(23)12-25-19-22-17(14-8-2-1-3-9-14)18(26-19)21-16(24)11-10-13-6-4-5-7-13/h1-3,8-9,13H,4-7,10-12H2,(H2,20,23)(H,21,24).